The Morgan fingerprint density at radius 2 is 2.00 bits per heavy atom. The molecule has 1 N–H and O–H groups in total. The molecule has 2 rings (SSSR count). The number of rotatable bonds is 3. The number of aldehydes is 1. The molecule has 0 bridgehead atoms. The van der Waals surface area contributed by atoms with Crippen LogP contribution in [-0.4, -0.2) is 28.5 Å². The van der Waals surface area contributed by atoms with Gasteiger partial charge in [0.05, 0.1) is 12.7 Å². The Balaban J connectivity index is 2.64. The van der Waals surface area contributed by atoms with Crippen LogP contribution in [0.2, 0.25) is 0 Å². The number of hydrogen-bond donors (Lipinski definition) is 1. The molecule has 0 aliphatic rings. The van der Waals surface area contributed by atoms with Crippen LogP contribution >= 0.6 is 0 Å². The van der Waals surface area contributed by atoms with Gasteiger partial charge in [0.1, 0.15) is 6.33 Å². The van der Waals surface area contributed by atoms with Crippen LogP contribution in [0.25, 0.3) is 11.1 Å². The van der Waals surface area contributed by atoms with Crippen molar-refractivity contribution in [1.29, 1.82) is 0 Å². The first-order valence-electron chi connectivity index (χ1n) is 4.88. The first-order chi connectivity index (χ1) is 8.27. The third kappa shape index (κ3) is 1.94. The zero-order chi connectivity index (χ0) is 12.3. The molecule has 5 nitrogen and oxygen atoms in total. The second-order valence-corrected chi connectivity index (χ2v) is 3.32. The summed E-state index contributed by atoms with van der Waals surface area (Å²) in [5.74, 6) is 0.0801. The van der Waals surface area contributed by atoms with E-state index in [2.05, 4.69) is 9.97 Å². The lowest BCUT2D eigenvalue weighted by Crippen LogP contribution is -1.93. The monoisotopic (exact) mass is 230 g/mol. The molecule has 0 saturated carbocycles. The third-order valence-electron chi connectivity index (χ3n) is 2.39. The number of phenolic OH excluding ortho intramolecular Hbond substituents is 1. The molecule has 5 heteroatoms. The lowest BCUT2D eigenvalue weighted by atomic mass is 10.0. The Kier molecular flexibility index (Phi) is 3.00. The molecular weight excluding hydrogens is 220 g/mol. The Morgan fingerprint density at radius 1 is 1.29 bits per heavy atom. The molecule has 0 atom stereocenters. The first-order valence-corrected chi connectivity index (χ1v) is 4.88. The van der Waals surface area contributed by atoms with Crippen molar-refractivity contribution in [3.8, 4) is 22.6 Å². The Bertz CT molecular complexity index is 541. The van der Waals surface area contributed by atoms with E-state index < -0.39 is 0 Å². The number of hydrogen-bond acceptors (Lipinski definition) is 5. The number of carbonyl (C=O) groups is 1. The summed E-state index contributed by atoms with van der Waals surface area (Å²) >= 11 is 0. The van der Waals surface area contributed by atoms with Gasteiger partial charge in [-0.15, -0.1) is 0 Å². The van der Waals surface area contributed by atoms with Gasteiger partial charge in [0.2, 0.25) is 0 Å². The maximum Gasteiger partial charge on any atom is 0.169 e. The van der Waals surface area contributed by atoms with Crippen LogP contribution in [0.3, 0.4) is 0 Å². The van der Waals surface area contributed by atoms with Crippen molar-refractivity contribution in [2.24, 2.45) is 0 Å². The van der Waals surface area contributed by atoms with Crippen LogP contribution in [0, 0.1) is 0 Å². The van der Waals surface area contributed by atoms with E-state index in [1.54, 1.807) is 24.5 Å². The molecule has 0 radical (unpaired) electrons. The largest absolute Gasteiger partial charge is 0.504 e. The Hall–Kier alpha value is -2.43. The molecular formula is C12H10N2O3. The van der Waals surface area contributed by atoms with E-state index in [9.17, 15) is 9.90 Å². The number of methoxy groups -OCH3 is 1. The molecule has 1 aromatic carbocycles. The number of ether oxygens (including phenoxy) is 1. The second-order valence-electron chi connectivity index (χ2n) is 3.32. The van der Waals surface area contributed by atoms with E-state index in [1.807, 2.05) is 0 Å². The van der Waals surface area contributed by atoms with Crippen molar-refractivity contribution in [3.05, 3.63) is 36.4 Å². The van der Waals surface area contributed by atoms with Crippen molar-refractivity contribution in [2.45, 2.75) is 0 Å². The quantitative estimate of drug-likeness (QED) is 0.812. The highest BCUT2D eigenvalue weighted by molar-refractivity contribution is 5.91. The molecule has 86 valence electrons. The van der Waals surface area contributed by atoms with Crippen molar-refractivity contribution >= 4 is 6.29 Å². The molecule has 0 amide bonds. The van der Waals surface area contributed by atoms with E-state index >= 15 is 0 Å². The maximum atomic E-state index is 11.0. The Morgan fingerprint density at radius 3 is 2.59 bits per heavy atom. The van der Waals surface area contributed by atoms with Crippen molar-refractivity contribution < 1.29 is 14.6 Å². The minimum Gasteiger partial charge on any atom is -0.504 e. The molecule has 0 spiro atoms. The maximum absolute atomic E-state index is 11.0. The normalized spacial score (nSPS) is 9.94. The highest BCUT2D eigenvalue weighted by Gasteiger charge is 2.14. The number of phenols is 1. The summed E-state index contributed by atoms with van der Waals surface area (Å²) < 4.78 is 4.94. The van der Waals surface area contributed by atoms with Crippen LogP contribution in [0.5, 0.6) is 11.5 Å². The lowest BCUT2D eigenvalue weighted by Gasteiger charge is -2.09. The van der Waals surface area contributed by atoms with E-state index in [0.717, 1.165) is 0 Å². The summed E-state index contributed by atoms with van der Waals surface area (Å²) in [6.45, 7) is 0. The molecule has 1 heterocycles. The summed E-state index contributed by atoms with van der Waals surface area (Å²) in [5, 5.41) is 9.83. The summed E-state index contributed by atoms with van der Waals surface area (Å²) in [4.78, 5) is 18.8. The van der Waals surface area contributed by atoms with Crippen molar-refractivity contribution in [1.82, 2.24) is 9.97 Å². The average molecular weight is 230 g/mol. The highest BCUT2D eigenvalue weighted by Crippen LogP contribution is 2.35. The average Bonchev–Trinajstić information content (AvgIpc) is 2.39. The molecule has 0 aliphatic carbocycles. The van der Waals surface area contributed by atoms with Crippen LogP contribution in [0.15, 0.2) is 30.9 Å². The fraction of sp³-hybridized carbons (Fsp3) is 0.0833. The van der Waals surface area contributed by atoms with Crippen LogP contribution in [0.4, 0.5) is 0 Å². The molecule has 0 aliphatic heterocycles. The van der Waals surface area contributed by atoms with Crippen LogP contribution in [0.1, 0.15) is 10.4 Å². The van der Waals surface area contributed by atoms with Gasteiger partial charge in [0, 0.05) is 18.0 Å². The summed E-state index contributed by atoms with van der Waals surface area (Å²) in [6, 6.07) is 3.27. The van der Waals surface area contributed by atoms with E-state index in [4.69, 9.17) is 4.74 Å². The number of benzene rings is 1. The molecule has 2 aromatic rings. The van der Waals surface area contributed by atoms with Crippen LogP contribution < -0.4 is 4.74 Å². The van der Waals surface area contributed by atoms with Gasteiger partial charge in [-0.05, 0) is 17.7 Å². The fourth-order valence-corrected chi connectivity index (χ4v) is 1.56. The van der Waals surface area contributed by atoms with Gasteiger partial charge in [-0.2, -0.15) is 0 Å². The molecule has 0 saturated heterocycles. The Labute approximate surface area is 97.7 Å². The number of aromatic nitrogens is 2. The van der Waals surface area contributed by atoms with Gasteiger partial charge >= 0.3 is 0 Å². The third-order valence-corrected chi connectivity index (χ3v) is 2.39. The SMILES string of the molecule is COc1ccc(-c2cncnc2)c(C=O)c1O. The van der Waals surface area contributed by atoms with Gasteiger partial charge in [0.15, 0.2) is 17.8 Å². The standard InChI is InChI=1S/C12H10N2O3/c1-17-11-3-2-9(10(6-15)12(11)16)8-4-13-7-14-5-8/h2-7,16H,1H3. The van der Waals surface area contributed by atoms with Gasteiger partial charge in [-0.3, -0.25) is 4.79 Å². The zero-order valence-corrected chi connectivity index (χ0v) is 9.12. The van der Waals surface area contributed by atoms with Gasteiger partial charge in [-0.25, -0.2) is 9.97 Å². The fourth-order valence-electron chi connectivity index (χ4n) is 1.56. The molecule has 0 unspecified atom stereocenters. The van der Waals surface area contributed by atoms with Crippen molar-refractivity contribution in [2.75, 3.05) is 7.11 Å². The second kappa shape index (κ2) is 4.61. The first kappa shape index (κ1) is 11.1. The number of aromatic hydroxyl groups is 1. The van der Waals surface area contributed by atoms with E-state index in [-0.39, 0.29) is 17.1 Å². The summed E-state index contributed by atoms with van der Waals surface area (Å²) in [7, 11) is 1.43. The minimum absolute atomic E-state index is 0.166. The van der Waals surface area contributed by atoms with Gasteiger partial charge in [0.25, 0.3) is 0 Å². The molecule has 17 heavy (non-hydrogen) atoms. The van der Waals surface area contributed by atoms with E-state index in [1.165, 1.54) is 13.4 Å². The van der Waals surface area contributed by atoms with Gasteiger partial charge in [-0.1, -0.05) is 0 Å². The van der Waals surface area contributed by atoms with Crippen LogP contribution in [-0.2, 0) is 0 Å². The number of carbonyl (C=O) groups excluding carboxylic acids is 1. The molecule has 1 aromatic heterocycles. The summed E-state index contributed by atoms with van der Waals surface area (Å²) in [6.07, 6.45) is 5.12. The van der Waals surface area contributed by atoms with E-state index in [0.29, 0.717) is 17.4 Å². The smallest absolute Gasteiger partial charge is 0.169 e. The minimum atomic E-state index is -0.177. The number of nitrogens with zero attached hydrogens (tertiary/aromatic N) is 2. The topological polar surface area (TPSA) is 72.3 Å². The van der Waals surface area contributed by atoms with Crippen molar-refractivity contribution in [3.63, 3.8) is 0 Å². The highest BCUT2D eigenvalue weighted by atomic mass is 16.5. The molecule has 0 fully saturated rings. The lowest BCUT2D eigenvalue weighted by molar-refractivity contribution is 0.112. The zero-order valence-electron chi connectivity index (χ0n) is 9.12. The predicted octanol–water partition coefficient (Wildman–Crippen LogP) is 1.67. The van der Waals surface area contributed by atoms with Gasteiger partial charge < -0.3 is 9.84 Å². The summed E-state index contributed by atoms with van der Waals surface area (Å²) in [5.41, 5.74) is 1.39. The predicted molar refractivity (Wildman–Crippen MR) is 61.1 cm³/mol.